The molecule has 0 radical (unpaired) electrons. The van der Waals surface area contributed by atoms with Crippen LogP contribution in [0.15, 0.2) is 47.4 Å². The lowest BCUT2D eigenvalue weighted by Gasteiger charge is -2.15. The number of rotatable bonds is 3. The maximum absolute atomic E-state index is 12.1. The molecule has 2 aromatic rings. The van der Waals surface area contributed by atoms with Crippen LogP contribution in [0.2, 0.25) is 10.0 Å². The van der Waals surface area contributed by atoms with E-state index in [1.807, 2.05) is 43.3 Å². The minimum absolute atomic E-state index is 0.0952. The van der Waals surface area contributed by atoms with Crippen molar-refractivity contribution in [3.63, 3.8) is 0 Å². The monoisotopic (exact) mass is 364 g/mol. The van der Waals surface area contributed by atoms with E-state index in [1.165, 1.54) is 11.8 Å². The molecule has 2 N–H and O–H groups in total. The molecule has 6 heteroatoms. The van der Waals surface area contributed by atoms with Crippen molar-refractivity contribution in [1.82, 2.24) is 5.32 Å². The van der Waals surface area contributed by atoms with Crippen LogP contribution < -0.4 is 10.6 Å². The summed E-state index contributed by atoms with van der Waals surface area (Å²) in [5.41, 5.74) is 2.69. The summed E-state index contributed by atoms with van der Waals surface area (Å²) in [6.07, 6.45) is 1.85. The van der Waals surface area contributed by atoms with Gasteiger partial charge in [0, 0.05) is 15.7 Å². The predicted molar refractivity (Wildman–Crippen MR) is 98.8 cm³/mol. The van der Waals surface area contributed by atoms with Crippen molar-refractivity contribution in [1.29, 1.82) is 0 Å². The molecule has 3 nitrogen and oxygen atoms in total. The highest BCUT2D eigenvalue weighted by atomic mass is 35.5. The number of carbonyl (C=O) groups is 1. The molecule has 0 saturated carbocycles. The Morgan fingerprint density at radius 2 is 1.83 bits per heavy atom. The van der Waals surface area contributed by atoms with Gasteiger partial charge in [-0.3, -0.25) is 4.79 Å². The quantitative estimate of drug-likeness (QED) is 0.760. The second-order valence-electron chi connectivity index (χ2n) is 5.14. The van der Waals surface area contributed by atoms with Gasteiger partial charge in [0.25, 0.3) is 5.91 Å². The Kier molecular flexibility index (Phi) is 4.85. The molecule has 23 heavy (non-hydrogen) atoms. The zero-order valence-corrected chi connectivity index (χ0v) is 14.6. The summed E-state index contributed by atoms with van der Waals surface area (Å²) in [5.74, 6) is -0.0952. The van der Waals surface area contributed by atoms with Gasteiger partial charge in [-0.05, 0) is 48.4 Å². The van der Waals surface area contributed by atoms with Gasteiger partial charge in [-0.1, -0.05) is 53.2 Å². The minimum Gasteiger partial charge on any atom is -0.356 e. The van der Waals surface area contributed by atoms with Crippen LogP contribution in [0, 0.1) is 6.92 Å². The van der Waals surface area contributed by atoms with E-state index in [9.17, 15) is 4.79 Å². The molecule has 0 bridgehead atoms. The number of thioether (sulfide) groups is 1. The number of carbonyl (C=O) groups excluding carboxylic acids is 1. The summed E-state index contributed by atoms with van der Waals surface area (Å²) in [5, 5.41) is 7.53. The molecule has 118 valence electrons. The summed E-state index contributed by atoms with van der Waals surface area (Å²) in [6.45, 7) is 1.99. The van der Waals surface area contributed by atoms with Crippen LogP contribution >= 0.6 is 35.0 Å². The van der Waals surface area contributed by atoms with Gasteiger partial charge in [0.05, 0.1) is 4.91 Å². The Morgan fingerprint density at radius 1 is 1.13 bits per heavy atom. The fourth-order valence-electron chi connectivity index (χ4n) is 2.17. The average Bonchev–Trinajstić information content (AvgIpc) is 2.85. The molecule has 0 spiro atoms. The molecular formula is C17H14Cl2N2OS. The van der Waals surface area contributed by atoms with Crippen molar-refractivity contribution in [3.8, 4) is 0 Å². The van der Waals surface area contributed by atoms with E-state index in [2.05, 4.69) is 10.6 Å². The molecule has 2 aromatic carbocycles. The second kappa shape index (κ2) is 6.87. The van der Waals surface area contributed by atoms with Crippen LogP contribution in [0.1, 0.15) is 11.1 Å². The van der Waals surface area contributed by atoms with Crippen molar-refractivity contribution in [2.24, 2.45) is 0 Å². The first kappa shape index (κ1) is 16.2. The first-order valence-electron chi connectivity index (χ1n) is 6.99. The number of aryl methyl sites for hydroxylation is 1. The highest BCUT2D eigenvalue weighted by Crippen LogP contribution is 2.31. The average molecular weight is 365 g/mol. The van der Waals surface area contributed by atoms with Crippen LogP contribution in [-0.4, -0.2) is 11.4 Å². The highest BCUT2D eigenvalue weighted by molar-refractivity contribution is 8.05. The summed E-state index contributed by atoms with van der Waals surface area (Å²) in [6, 6.07) is 13.0. The van der Waals surface area contributed by atoms with E-state index >= 15 is 0 Å². The third kappa shape index (κ3) is 4.02. The van der Waals surface area contributed by atoms with Crippen LogP contribution in [0.25, 0.3) is 6.08 Å². The summed E-state index contributed by atoms with van der Waals surface area (Å²) in [7, 11) is 0. The Bertz CT molecular complexity index is 775. The number of hydrogen-bond donors (Lipinski definition) is 2. The summed E-state index contributed by atoms with van der Waals surface area (Å²) < 4.78 is 0. The zero-order chi connectivity index (χ0) is 16.4. The van der Waals surface area contributed by atoms with E-state index < -0.39 is 0 Å². The van der Waals surface area contributed by atoms with E-state index in [0.29, 0.717) is 15.0 Å². The molecule has 1 aliphatic heterocycles. The van der Waals surface area contributed by atoms with Gasteiger partial charge in [-0.2, -0.15) is 0 Å². The number of anilines is 1. The smallest absolute Gasteiger partial charge is 0.260 e. The van der Waals surface area contributed by atoms with Gasteiger partial charge < -0.3 is 10.6 Å². The zero-order valence-electron chi connectivity index (χ0n) is 12.3. The molecule has 0 aromatic heterocycles. The number of halogens is 2. The van der Waals surface area contributed by atoms with Crippen LogP contribution in [0.4, 0.5) is 5.69 Å². The maximum atomic E-state index is 12.1. The molecule has 1 heterocycles. The Morgan fingerprint density at radius 3 is 2.57 bits per heavy atom. The fraction of sp³-hybridized carbons (Fsp3) is 0.118. The lowest BCUT2D eigenvalue weighted by atomic mass is 10.2. The third-order valence-electron chi connectivity index (χ3n) is 3.38. The molecule has 1 fully saturated rings. The van der Waals surface area contributed by atoms with E-state index in [4.69, 9.17) is 23.2 Å². The van der Waals surface area contributed by atoms with E-state index in [-0.39, 0.29) is 11.4 Å². The van der Waals surface area contributed by atoms with Crippen molar-refractivity contribution < 1.29 is 4.79 Å². The molecule has 1 atom stereocenters. The lowest BCUT2D eigenvalue weighted by molar-refractivity contribution is -0.116. The Balaban J connectivity index is 1.74. The molecule has 1 unspecified atom stereocenters. The Hall–Kier alpha value is -1.62. The first-order valence-corrected chi connectivity index (χ1v) is 8.62. The molecule has 0 aliphatic carbocycles. The van der Waals surface area contributed by atoms with Crippen LogP contribution in [-0.2, 0) is 4.79 Å². The number of nitrogens with one attached hydrogen (secondary N) is 2. The van der Waals surface area contributed by atoms with Crippen LogP contribution in [0.5, 0.6) is 0 Å². The molecule has 1 amide bonds. The summed E-state index contributed by atoms with van der Waals surface area (Å²) in [4.78, 5) is 12.8. The maximum Gasteiger partial charge on any atom is 0.260 e. The fourth-order valence-corrected chi connectivity index (χ4v) is 3.44. The van der Waals surface area contributed by atoms with Crippen molar-refractivity contribution >= 4 is 52.6 Å². The van der Waals surface area contributed by atoms with Crippen LogP contribution in [0.3, 0.4) is 0 Å². The van der Waals surface area contributed by atoms with Gasteiger partial charge in [-0.25, -0.2) is 0 Å². The largest absolute Gasteiger partial charge is 0.356 e. The Labute approximate surface area is 149 Å². The van der Waals surface area contributed by atoms with E-state index in [1.54, 1.807) is 12.1 Å². The topological polar surface area (TPSA) is 41.1 Å². The predicted octanol–water partition coefficient (Wildman–Crippen LogP) is 4.90. The standard InChI is InChI=1S/C17H14Cl2N2OS/c1-10-2-5-13(19)9-14(10)20-17-21-16(22)15(23-17)8-11-3-6-12(18)7-4-11/h2-9,17,20H,1H3,(H,21,22)/b15-8-. The normalized spacial score (nSPS) is 19.0. The van der Waals surface area contributed by atoms with Gasteiger partial charge in [0.2, 0.25) is 0 Å². The number of amides is 1. The highest BCUT2D eigenvalue weighted by Gasteiger charge is 2.27. The van der Waals surface area contributed by atoms with Crippen molar-refractivity contribution in [3.05, 3.63) is 68.5 Å². The lowest BCUT2D eigenvalue weighted by Crippen LogP contribution is -2.31. The van der Waals surface area contributed by atoms with Crippen molar-refractivity contribution in [2.75, 3.05) is 5.32 Å². The summed E-state index contributed by atoms with van der Waals surface area (Å²) >= 11 is 13.3. The molecule has 3 rings (SSSR count). The van der Waals surface area contributed by atoms with Gasteiger partial charge >= 0.3 is 0 Å². The van der Waals surface area contributed by atoms with Gasteiger partial charge in [0.15, 0.2) is 5.50 Å². The molecular weight excluding hydrogens is 351 g/mol. The van der Waals surface area contributed by atoms with Crippen molar-refractivity contribution in [2.45, 2.75) is 12.4 Å². The number of hydrogen-bond acceptors (Lipinski definition) is 3. The van der Waals surface area contributed by atoms with E-state index in [0.717, 1.165) is 16.8 Å². The van der Waals surface area contributed by atoms with Gasteiger partial charge in [0.1, 0.15) is 0 Å². The minimum atomic E-state index is -0.224. The van der Waals surface area contributed by atoms with Gasteiger partial charge in [-0.15, -0.1) is 0 Å². The molecule has 1 saturated heterocycles. The molecule has 1 aliphatic rings. The third-order valence-corrected chi connectivity index (χ3v) is 4.90. The SMILES string of the molecule is Cc1ccc(Cl)cc1NC1NC(=O)/C(=C/c2ccc(Cl)cc2)S1. The number of benzene rings is 2. The second-order valence-corrected chi connectivity index (χ2v) is 7.15. The first-order chi connectivity index (χ1) is 11.0.